The molecule has 0 bridgehead atoms. The summed E-state index contributed by atoms with van der Waals surface area (Å²) in [6.07, 6.45) is 14.0. The molecule has 2 atom stereocenters. The summed E-state index contributed by atoms with van der Waals surface area (Å²) in [6.45, 7) is 7.37. The molecule has 0 radical (unpaired) electrons. The van der Waals surface area contributed by atoms with Gasteiger partial charge in [0.2, 0.25) is 5.95 Å². The summed E-state index contributed by atoms with van der Waals surface area (Å²) >= 11 is 0. The van der Waals surface area contributed by atoms with Gasteiger partial charge in [0.05, 0.1) is 18.3 Å². The van der Waals surface area contributed by atoms with Crippen molar-refractivity contribution < 1.29 is 4.79 Å². The summed E-state index contributed by atoms with van der Waals surface area (Å²) in [4.78, 5) is 26.8. The molecule has 3 aliphatic rings. The Balaban J connectivity index is 1.34. The molecule has 4 heterocycles. The number of rotatable bonds is 5. The monoisotopic (exact) mass is 462 g/mol. The van der Waals surface area contributed by atoms with Crippen molar-refractivity contribution >= 4 is 23.2 Å². The number of piperidine rings is 1. The summed E-state index contributed by atoms with van der Waals surface area (Å²) in [6, 6.07) is 0.125. The van der Waals surface area contributed by atoms with Crippen molar-refractivity contribution in [1.82, 2.24) is 30.0 Å². The second kappa shape index (κ2) is 9.21. The maximum Gasteiger partial charge on any atom is 0.257 e. The van der Waals surface area contributed by atoms with Crippen molar-refractivity contribution in [2.45, 2.75) is 51.4 Å². The third-order valence-corrected chi connectivity index (χ3v) is 6.92. The van der Waals surface area contributed by atoms with Crippen LogP contribution in [0.2, 0.25) is 0 Å². The first-order chi connectivity index (χ1) is 16.4. The van der Waals surface area contributed by atoms with E-state index in [-0.39, 0.29) is 18.0 Å². The average molecular weight is 463 g/mol. The van der Waals surface area contributed by atoms with Gasteiger partial charge in [-0.15, -0.1) is 0 Å². The normalized spacial score (nSPS) is 23.0. The van der Waals surface area contributed by atoms with Gasteiger partial charge in [-0.3, -0.25) is 9.48 Å². The summed E-state index contributed by atoms with van der Waals surface area (Å²) < 4.78 is 1.97. The largest absolute Gasteiger partial charge is 0.361 e. The maximum atomic E-state index is 13.0. The molecule has 2 aromatic rings. The van der Waals surface area contributed by atoms with E-state index >= 15 is 0 Å². The predicted octanol–water partition coefficient (Wildman–Crippen LogP) is 2.41. The number of amides is 1. The van der Waals surface area contributed by atoms with Crippen molar-refractivity contribution in [2.24, 2.45) is 5.92 Å². The topological polar surface area (TPSA) is 91.2 Å². The summed E-state index contributed by atoms with van der Waals surface area (Å²) in [7, 11) is 4.20. The number of carbonyl (C=O) groups excluding carboxylic acids is 1. The molecule has 5 rings (SSSR count). The van der Waals surface area contributed by atoms with E-state index in [0.717, 1.165) is 43.6 Å². The minimum Gasteiger partial charge on any atom is -0.361 e. The second-order valence-electron chi connectivity index (χ2n) is 10.1. The number of hydrogen-bond acceptors (Lipinski definition) is 7. The molecule has 9 heteroatoms. The van der Waals surface area contributed by atoms with E-state index in [1.54, 1.807) is 6.20 Å². The van der Waals surface area contributed by atoms with Gasteiger partial charge in [-0.05, 0) is 44.5 Å². The molecule has 180 valence electrons. The predicted molar refractivity (Wildman–Crippen MR) is 134 cm³/mol. The van der Waals surface area contributed by atoms with E-state index in [0.29, 0.717) is 29.3 Å². The van der Waals surface area contributed by atoms with E-state index in [4.69, 9.17) is 4.98 Å². The first-order valence-electron chi connectivity index (χ1n) is 12.2. The highest BCUT2D eigenvalue weighted by Crippen LogP contribution is 2.28. The number of allylic oxidation sites excluding steroid dienone is 2. The number of likely N-dealkylation sites (tertiary alicyclic amines) is 1. The molecule has 1 saturated heterocycles. The molecular weight excluding hydrogens is 428 g/mol. The van der Waals surface area contributed by atoms with Crippen molar-refractivity contribution in [3.05, 3.63) is 47.9 Å². The Kier molecular flexibility index (Phi) is 6.12. The van der Waals surface area contributed by atoms with Crippen LogP contribution in [0.1, 0.15) is 42.6 Å². The Labute approximate surface area is 200 Å². The van der Waals surface area contributed by atoms with Crippen molar-refractivity contribution in [1.29, 1.82) is 0 Å². The SMILES string of the molecule is CC(C)Cn1cc(C2=CC3NC(=O)c4cnc(N(C)C5CCN(C)CC5)nc4NC3C=C2)cn1. The number of nitrogens with one attached hydrogen (secondary N) is 2. The van der Waals surface area contributed by atoms with E-state index in [2.05, 4.69) is 75.8 Å². The Bertz CT molecular complexity index is 1110. The van der Waals surface area contributed by atoms with Crippen LogP contribution in [0.15, 0.2) is 36.8 Å². The van der Waals surface area contributed by atoms with Gasteiger partial charge in [-0.1, -0.05) is 32.1 Å². The minimum absolute atomic E-state index is 0.0870. The van der Waals surface area contributed by atoms with Crippen LogP contribution in [0.5, 0.6) is 0 Å². The first kappa shape index (κ1) is 22.6. The van der Waals surface area contributed by atoms with Crippen LogP contribution in [0.3, 0.4) is 0 Å². The molecule has 9 nitrogen and oxygen atoms in total. The Morgan fingerprint density at radius 3 is 2.74 bits per heavy atom. The highest BCUT2D eigenvalue weighted by molar-refractivity contribution is 6.00. The number of nitrogens with zero attached hydrogens (tertiary/aromatic N) is 6. The molecule has 2 N–H and O–H groups in total. The number of fused-ring (bicyclic) bond motifs is 2. The van der Waals surface area contributed by atoms with Gasteiger partial charge in [0.1, 0.15) is 11.4 Å². The van der Waals surface area contributed by atoms with Crippen LogP contribution in [-0.4, -0.2) is 75.9 Å². The Morgan fingerprint density at radius 2 is 1.97 bits per heavy atom. The Morgan fingerprint density at radius 1 is 1.18 bits per heavy atom. The average Bonchev–Trinajstić information content (AvgIpc) is 3.22. The molecule has 0 saturated carbocycles. The van der Waals surface area contributed by atoms with Crippen molar-refractivity contribution in [3.8, 4) is 0 Å². The van der Waals surface area contributed by atoms with Crippen LogP contribution in [-0.2, 0) is 6.54 Å². The fourth-order valence-corrected chi connectivity index (χ4v) is 4.88. The molecule has 1 aliphatic carbocycles. The lowest BCUT2D eigenvalue weighted by atomic mass is 9.95. The summed E-state index contributed by atoms with van der Waals surface area (Å²) in [5, 5.41) is 11.1. The molecule has 1 amide bonds. The van der Waals surface area contributed by atoms with Gasteiger partial charge < -0.3 is 20.4 Å². The van der Waals surface area contributed by atoms with Crippen LogP contribution in [0.25, 0.3) is 5.57 Å². The Hall–Kier alpha value is -3.20. The van der Waals surface area contributed by atoms with Crippen LogP contribution < -0.4 is 15.5 Å². The maximum absolute atomic E-state index is 13.0. The summed E-state index contributed by atoms with van der Waals surface area (Å²) in [5.74, 6) is 1.60. The molecule has 2 aliphatic heterocycles. The fourth-order valence-electron chi connectivity index (χ4n) is 4.88. The van der Waals surface area contributed by atoms with Gasteiger partial charge in [0.25, 0.3) is 5.91 Å². The highest BCUT2D eigenvalue weighted by Gasteiger charge is 2.31. The van der Waals surface area contributed by atoms with Crippen LogP contribution in [0.4, 0.5) is 11.8 Å². The second-order valence-corrected chi connectivity index (χ2v) is 10.1. The lowest BCUT2D eigenvalue weighted by molar-refractivity contribution is 0.0946. The molecule has 2 unspecified atom stereocenters. The van der Waals surface area contributed by atoms with Crippen molar-refractivity contribution in [2.75, 3.05) is 37.4 Å². The number of anilines is 2. The van der Waals surface area contributed by atoms with Gasteiger partial charge >= 0.3 is 0 Å². The third-order valence-electron chi connectivity index (χ3n) is 6.92. The molecular formula is C25H34N8O. The number of hydrogen-bond donors (Lipinski definition) is 2. The molecule has 1 fully saturated rings. The van der Waals surface area contributed by atoms with Gasteiger partial charge in [-0.2, -0.15) is 10.1 Å². The zero-order valence-electron chi connectivity index (χ0n) is 20.4. The molecule has 0 aromatic carbocycles. The quantitative estimate of drug-likeness (QED) is 0.705. The van der Waals surface area contributed by atoms with Crippen LogP contribution >= 0.6 is 0 Å². The lowest BCUT2D eigenvalue weighted by Gasteiger charge is -2.35. The smallest absolute Gasteiger partial charge is 0.257 e. The number of carbonyl (C=O) groups is 1. The molecule has 34 heavy (non-hydrogen) atoms. The van der Waals surface area contributed by atoms with Gasteiger partial charge in [0.15, 0.2) is 0 Å². The van der Waals surface area contributed by atoms with Crippen LogP contribution in [0, 0.1) is 5.92 Å². The highest BCUT2D eigenvalue weighted by atomic mass is 16.1. The first-order valence-corrected chi connectivity index (χ1v) is 12.2. The fraction of sp³-hybridized carbons (Fsp3) is 0.520. The van der Waals surface area contributed by atoms with E-state index in [1.807, 2.05) is 17.9 Å². The molecule has 2 aromatic heterocycles. The van der Waals surface area contributed by atoms with E-state index in [1.165, 1.54) is 0 Å². The number of aromatic nitrogens is 4. The zero-order chi connectivity index (χ0) is 23.8. The lowest BCUT2D eigenvalue weighted by Crippen LogP contribution is -2.43. The standard InChI is InChI=1S/C25H34N8O/c1-16(2)14-33-15-18(12-27-33)17-5-6-21-22(11-17)29-24(34)20-13-26-25(30-23(20)28-21)32(4)19-7-9-31(3)10-8-19/h5-6,11-13,15-16,19,21-22H,7-10,14H2,1-4H3,(H,29,34)(H,26,28,30). The van der Waals surface area contributed by atoms with Gasteiger partial charge in [-0.25, -0.2) is 4.98 Å². The summed E-state index contributed by atoms with van der Waals surface area (Å²) in [5.41, 5.74) is 2.58. The van der Waals surface area contributed by atoms with E-state index in [9.17, 15) is 4.79 Å². The molecule has 0 spiro atoms. The van der Waals surface area contributed by atoms with Crippen molar-refractivity contribution in [3.63, 3.8) is 0 Å². The third kappa shape index (κ3) is 4.57. The van der Waals surface area contributed by atoms with Gasteiger partial charge in [0, 0.05) is 37.6 Å². The minimum atomic E-state index is -0.190. The zero-order valence-corrected chi connectivity index (χ0v) is 20.4. The van der Waals surface area contributed by atoms with E-state index < -0.39 is 0 Å².